The number of carbonyl (C=O) groups is 2. The maximum atomic E-state index is 13.3. The summed E-state index contributed by atoms with van der Waals surface area (Å²) in [5.41, 5.74) is 0.496. The van der Waals surface area contributed by atoms with Crippen molar-refractivity contribution in [3.63, 3.8) is 0 Å². The SMILES string of the molecule is CNCCC(=O)Nc1ccc(F)c(NC(C)=O)c1. The summed E-state index contributed by atoms with van der Waals surface area (Å²) in [5.74, 6) is -1.09. The zero-order valence-electron chi connectivity index (χ0n) is 10.3. The number of halogens is 1. The molecule has 0 aliphatic carbocycles. The van der Waals surface area contributed by atoms with Crippen LogP contribution in [0.25, 0.3) is 0 Å². The standard InChI is InChI=1S/C12H16FN3O2/c1-8(17)15-11-7-9(3-4-10(11)13)16-12(18)5-6-14-2/h3-4,7,14H,5-6H2,1-2H3,(H,15,17)(H,16,18). The van der Waals surface area contributed by atoms with Crippen molar-refractivity contribution in [3.05, 3.63) is 24.0 Å². The van der Waals surface area contributed by atoms with E-state index in [1.165, 1.54) is 25.1 Å². The first-order valence-electron chi connectivity index (χ1n) is 5.54. The molecule has 1 aromatic rings. The molecule has 5 nitrogen and oxygen atoms in total. The lowest BCUT2D eigenvalue weighted by Crippen LogP contribution is -2.19. The van der Waals surface area contributed by atoms with Gasteiger partial charge in [0.1, 0.15) is 5.82 Å². The molecule has 0 saturated carbocycles. The fourth-order valence-electron chi connectivity index (χ4n) is 1.35. The van der Waals surface area contributed by atoms with E-state index in [1.54, 1.807) is 7.05 Å². The summed E-state index contributed by atoms with van der Waals surface area (Å²) in [6.45, 7) is 1.85. The molecular weight excluding hydrogens is 237 g/mol. The van der Waals surface area contributed by atoms with Gasteiger partial charge in [-0.3, -0.25) is 9.59 Å². The van der Waals surface area contributed by atoms with Gasteiger partial charge in [-0.2, -0.15) is 0 Å². The van der Waals surface area contributed by atoms with Gasteiger partial charge in [0.2, 0.25) is 11.8 Å². The number of nitrogens with one attached hydrogen (secondary N) is 3. The Kier molecular flexibility index (Phi) is 5.26. The summed E-state index contributed by atoms with van der Waals surface area (Å²) in [6, 6.07) is 4.02. The lowest BCUT2D eigenvalue weighted by atomic mass is 10.2. The molecule has 18 heavy (non-hydrogen) atoms. The molecule has 0 radical (unpaired) electrons. The highest BCUT2D eigenvalue weighted by Crippen LogP contribution is 2.19. The van der Waals surface area contributed by atoms with E-state index >= 15 is 0 Å². The summed E-state index contributed by atoms with van der Waals surface area (Å²) in [4.78, 5) is 22.3. The third kappa shape index (κ3) is 4.50. The van der Waals surface area contributed by atoms with Crippen LogP contribution in [0, 0.1) is 5.82 Å². The van der Waals surface area contributed by atoms with Crippen molar-refractivity contribution in [2.24, 2.45) is 0 Å². The zero-order chi connectivity index (χ0) is 13.5. The Hall–Kier alpha value is -1.95. The Morgan fingerprint density at radius 2 is 2.00 bits per heavy atom. The minimum atomic E-state index is -0.543. The smallest absolute Gasteiger partial charge is 0.225 e. The van der Waals surface area contributed by atoms with E-state index in [2.05, 4.69) is 16.0 Å². The number of rotatable bonds is 5. The zero-order valence-corrected chi connectivity index (χ0v) is 10.3. The van der Waals surface area contributed by atoms with Crippen LogP contribution in [0.4, 0.5) is 15.8 Å². The Balaban J connectivity index is 2.72. The van der Waals surface area contributed by atoms with Gasteiger partial charge in [-0.05, 0) is 25.2 Å². The fourth-order valence-corrected chi connectivity index (χ4v) is 1.35. The van der Waals surface area contributed by atoms with Gasteiger partial charge in [0.05, 0.1) is 5.69 Å². The Bertz CT molecular complexity index is 449. The Morgan fingerprint density at radius 1 is 1.28 bits per heavy atom. The Morgan fingerprint density at radius 3 is 2.61 bits per heavy atom. The van der Waals surface area contributed by atoms with E-state index in [0.29, 0.717) is 18.7 Å². The molecule has 0 heterocycles. The molecule has 0 saturated heterocycles. The average Bonchev–Trinajstić information content (AvgIpc) is 2.30. The van der Waals surface area contributed by atoms with Crippen molar-refractivity contribution in [1.29, 1.82) is 0 Å². The first-order valence-corrected chi connectivity index (χ1v) is 5.54. The summed E-state index contributed by atoms with van der Waals surface area (Å²) >= 11 is 0. The van der Waals surface area contributed by atoms with Crippen LogP contribution < -0.4 is 16.0 Å². The van der Waals surface area contributed by atoms with Crippen LogP contribution in [0.1, 0.15) is 13.3 Å². The lowest BCUT2D eigenvalue weighted by Gasteiger charge is -2.08. The third-order valence-electron chi connectivity index (χ3n) is 2.16. The van der Waals surface area contributed by atoms with Crippen molar-refractivity contribution in [2.75, 3.05) is 24.2 Å². The van der Waals surface area contributed by atoms with E-state index in [-0.39, 0.29) is 17.5 Å². The molecule has 1 rings (SSSR count). The summed E-state index contributed by atoms with van der Waals surface area (Å²) < 4.78 is 13.3. The molecule has 98 valence electrons. The van der Waals surface area contributed by atoms with Crippen LogP contribution >= 0.6 is 0 Å². The summed E-state index contributed by atoms with van der Waals surface area (Å²) in [7, 11) is 1.75. The second-order valence-corrected chi connectivity index (χ2v) is 3.78. The maximum absolute atomic E-state index is 13.3. The van der Waals surface area contributed by atoms with Gasteiger partial charge in [0.25, 0.3) is 0 Å². The van der Waals surface area contributed by atoms with Crippen molar-refractivity contribution < 1.29 is 14.0 Å². The lowest BCUT2D eigenvalue weighted by molar-refractivity contribution is -0.116. The number of amides is 2. The second kappa shape index (κ2) is 6.70. The van der Waals surface area contributed by atoms with Crippen LogP contribution in [0.5, 0.6) is 0 Å². The molecule has 0 unspecified atom stereocenters. The van der Waals surface area contributed by atoms with Gasteiger partial charge in [-0.1, -0.05) is 0 Å². The van der Waals surface area contributed by atoms with Crippen LogP contribution in [0.2, 0.25) is 0 Å². The van der Waals surface area contributed by atoms with Crippen molar-refractivity contribution in [3.8, 4) is 0 Å². The molecule has 2 amide bonds. The number of hydrogen-bond donors (Lipinski definition) is 3. The van der Waals surface area contributed by atoms with Crippen LogP contribution in [0.3, 0.4) is 0 Å². The summed E-state index contributed by atoms with van der Waals surface area (Å²) in [6.07, 6.45) is 0.323. The fraction of sp³-hybridized carbons (Fsp3) is 0.333. The van der Waals surface area contributed by atoms with Gasteiger partial charge in [0, 0.05) is 25.6 Å². The number of carbonyl (C=O) groups excluding carboxylic acids is 2. The molecular formula is C12H16FN3O2. The van der Waals surface area contributed by atoms with Crippen molar-refractivity contribution in [1.82, 2.24) is 5.32 Å². The Labute approximate surface area is 105 Å². The highest BCUT2D eigenvalue weighted by Gasteiger charge is 2.07. The van der Waals surface area contributed by atoms with E-state index in [9.17, 15) is 14.0 Å². The number of benzene rings is 1. The summed E-state index contributed by atoms with van der Waals surface area (Å²) in [5, 5.41) is 7.83. The van der Waals surface area contributed by atoms with Crippen molar-refractivity contribution >= 4 is 23.2 Å². The molecule has 6 heteroatoms. The molecule has 0 aromatic heterocycles. The molecule has 0 aliphatic heterocycles. The van der Waals surface area contributed by atoms with Gasteiger partial charge >= 0.3 is 0 Å². The van der Waals surface area contributed by atoms with Gasteiger partial charge in [-0.25, -0.2) is 4.39 Å². The predicted molar refractivity (Wildman–Crippen MR) is 67.9 cm³/mol. The number of hydrogen-bond acceptors (Lipinski definition) is 3. The van der Waals surface area contributed by atoms with E-state index in [4.69, 9.17) is 0 Å². The normalized spacial score (nSPS) is 9.94. The van der Waals surface area contributed by atoms with Gasteiger partial charge in [0.15, 0.2) is 0 Å². The predicted octanol–water partition coefficient (Wildman–Crippen LogP) is 1.33. The van der Waals surface area contributed by atoms with Crippen LogP contribution in [-0.2, 0) is 9.59 Å². The molecule has 1 aromatic carbocycles. The van der Waals surface area contributed by atoms with E-state index < -0.39 is 5.82 Å². The molecule has 0 aliphatic rings. The quantitative estimate of drug-likeness (QED) is 0.741. The average molecular weight is 253 g/mol. The first-order chi connectivity index (χ1) is 8.52. The van der Waals surface area contributed by atoms with Crippen LogP contribution in [0.15, 0.2) is 18.2 Å². The largest absolute Gasteiger partial charge is 0.326 e. The topological polar surface area (TPSA) is 70.2 Å². The first kappa shape index (κ1) is 14.1. The highest BCUT2D eigenvalue weighted by atomic mass is 19.1. The van der Waals surface area contributed by atoms with Gasteiger partial charge in [-0.15, -0.1) is 0 Å². The highest BCUT2D eigenvalue weighted by molar-refractivity contribution is 5.93. The van der Waals surface area contributed by atoms with E-state index in [0.717, 1.165) is 0 Å². The molecule has 3 N–H and O–H groups in total. The molecule has 0 spiro atoms. The molecule has 0 fully saturated rings. The molecule has 0 bridgehead atoms. The minimum absolute atomic E-state index is 0.0499. The second-order valence-electron chi connectivity index (χ2n) is 3.78. The third-order valence-corrected chi connectivity index (χ3v) is 2.16. The monoisotopic (exact) mass is 253 g/mol. The maximum Gasteiger partial charge on any atom is 0.225 e. The van der Waals surface area contributed by atoms with E-state index in [1.807, 2.05) is 0 Å². The van der Waals surface area contributed by atoms with Crippen LogP contribution in [-0.4, -0.2) is 25.4 Å². The van der Waals surface area contributed by atoms with Gasteiger partial charge < -0.3 is 16.0 Å². The van der Waals surface area contributed by atoms with Crippen molar-refractivity contribution in [2.45, 2.75) is 13.3 Å². The minimum Gasteiger partial charge on any atom is -0.326 e. The number of anilines is 2. The molecule has 0 atom stereocenters.